The fourth-order valence-corrected chi connectivity index (χ4v) is 2.15. The Labute approximate surface area is 109 Å². The number of nitrogens with one attached hydrogen (secondary N) is 1. The highest BCUT2D eigenvalue weighted by Gasteiger charge is 2.07. The summed E-state index contributed by atoms with van der Waals surface area (Å²) in [7, 11) is 2.08. The maximum atomic E-state index is 4.52. The van der Waals surface area contributed by atoms with Crippen molar-refractivity contribution < 1.29 is 0 Å². The number of hydrogen-bond donors (Lipinski definition) is 1. The molecule has 17 heavy (non-hydrogen) atoms. The first kappa shape index (κ1) is 14.4. The second-order valence-corrected chi connectivity index (χ2v) is 5.49. The van der Waals surface area contributed by atoms with Gasteiger partial charge >= 0.3 is 0 Å². The van der Waals surface area contributed by atoms with Crippen molar-refractivity contribution in [2.75, 3.05) is 31.6 Å². The molecular weight excluding hydrogens is 232 g/mol. The molecule has 4 nitrogen and oxygen atoms in total. The standard InChI is InChI=1S/C12H24N4S/c1-5-6-11-14-12(17-15-11)16(4)8-7-13-9-10(2)3/h10,13H,5-9H2,1-4H3. The molecule has 1 N–H and O–H groups in total. The fourth-order valence-electron chi connectivity index (χ4n) is 1.46. The van der Waals surface area contributed by atoms with E-state index in [0.29, 0.717) is 5.92 Å². The maximum Gasteiger partial charge on any atom is 0.204 e. The van der Waals surface area contributed by atoms with Crippen LogP contribution in [0.3, 0.4) is 0 Å². The van der Waals surface area contributed by atoms with Gasteiger partial charge in [-0.2, -0.15) is 4.37 Å². The number of aryl methyl sites for hydroxylation is 1. The number of hydrogen-bond acceptors (Lipinski definition) is 5. The monoisotopic (exact) mass is 256 g/mol. The Balaban J connectivity index is 2.28. The van der Waals surface area contributed by atoms with Gasteiger partial charge in [-0.3, -0.25) is 0 Å². The Morgan fingerprint density at radius 2 is 2.18 bits per heavy atom. The highest BCUT2D eigenvalue weighted by Crippen LogP contribution is 2.15. The highest BCUT2D eigenvalue weighted by molar-refractivity contribution is 7.09. The summed E-state index contributed by atoms with van der Waals surface area (Å²) in [6, 6.07) is 0. The average molecular weight is 256 g/mol. The zero-order valence-corrected chi connectivity index (χ0v) is 12.2. The highest BCUT2D eigenvalue weighted by atomic mass is 32.1. The van der Waals surface area contributed by atoms with E-state index in [9.17, 15) is 0 Å². The predicted molar refractivity (Wildman–Crippen MR) is 74.9 cm³/mol. The third kappa shape index (κ3) is 5.46. The minimum Gasteiger partial charge on any atom is -0.349 e. The predicted octanol–water partition coefficient (Wildman–Crippen LogP) is 2.17. The van der Waals surface area contributed by atoms with E-state index >= 15 is 0 Å². The van der Waals surface area contributed by atoms with E-state index < -0.39 is 0 Å². The lowest BCUT2D eigenvalue weighted by Crippen LogP contribution is -2.31. The van der Waals surface area contributed by atoms with Crippen LogP contribution in [0.2, 0.25) is 0 Å². The molecule has 0 atom stereocenters. The van der Waals surface area contributed by atoms with Crippen LogP contribution in [0.25, 0.3) is 0 Å². The Morgan fingerprint density at radius 1 is 1.41 bits per heavy atom. The van der Waals surface area contributed by atoms with E-state index in [1.165, 1.54) is 11.5 Å². The van der Waals surface area contributed by atoms with Crippen LogP contribution in [0, 0.1) is 5.92 Å². The van der Waals surface area contributed by atoms with Gasteiger partial charge in [0.15, 0.2) is 0 Å². The first-order valence-corrected chi connectivity index (χ1v) is 7.15. The van der Waals surface area contributed by atoms with Gasteiger partial charge in [0, 0.05) is 38.1 Å². The largest absolute Gasteiger partial charge is 0.349 e. The fraction of sp³-hybridized carbons (Fsp3) is 0.833. The van der Waals surface area contributed by atoms with Crippen LogP contribution in [-0.4, -0.2) is 36.0 Å². The third-order valence-electron chi connectivity index (χ3n) is 2.43. The molecule has 0 bridgehead atoms. The molecule has 0 fully saturated rings. The minimum absolute atomic E-state index is 0.706. The molecule has 0 spiro atoms. The molecule has 5 heteroatoms. The van der Waals surface area contributed by atoms with Gasteiger partial charge in [-0.1, -0.05) is 20.8 Å². The molecule has 1 rings (SSSR count). The number of aromatic nitrogens is 2. The Hall–Kier alpha value is -0.680. The van der Waals surface area contributed by atoms with Gasteiger partial charge in [0.2, 0.25) is 5.13 Å². The van der Waals surface area contributed by atoms with Crippen LogP contribution in [0.4, 0.5) is 5.13 Å². The van der Waals surface area contributed by atoms with E-state index in [4.69, 9.17) is 0 Å². The smallest absolute Gasteiger partial charge is 0.204 e. The van der Waals surface area contributed by atoms with E-state index in [2.05, 4.69) is 47.4 Å². The van der Waals surface area contributed by atoms with Crippen molar-refractivity contribution in [2.24, 2.45) is 5.92 Å². The lowest BCUT2D eigenvalue weighted by Gasteiger charge is -2.15. The average Bonchev–Trinajstić information content (AvgIpc) is 2.73. The van der Waals surface area contributed by atoms with Crippen LogP contribution in [-0.2, 0) is 6.42 Å². The SMILES string of the molecule is CCCc1nsc(N(C)CCNCC(C)C)n1. The summed E-state index contributed by atoms with van der Waals surface area (Å²) >= 11 is 1.50. The summed E-state index contributed by atoms with van der Waals surface area (Å²) in [6.07, 6.45) is 2.09. The van der Waals surface area contributed by atoms with Crippen molar-refractivity contribution >= 4 is 16.7 Å². The molecule has 0 aliphatic rings. The molecule has 1 heterocycles. The minimum atomic E-state index is 0.706. The van der Waals surface area contributed by atoms with Crippen molar-refractivity contribution in [3.8, 4) is 0 Å². The quantitative estimate of drug-likeness (QED) is 0.724. The number of anilines is 1. The zero-order valence-electron chi connectivity index (χ0n) is 11.4. The maximum absolute atomic E-state index is 4.52. The summed E-state index contributed by atoms with van der Waals surface area (Å²) in [5.41, 5.74) is 0. The van der Waals surface area contributed by atoms with Crippen molar-refractivity contribution in [3.63, 3.8) is 0 Å². The molecular formula is C12H24N4S. The molecule has 1 aromatic rings. The van der Waals surface area contributed by atoms with Crippen molar-refractivity contribution in [3.05, 3.63) is 5.82 Å². The van der Waals surface area contributed by atoms with E-state index in [1.807, 2.05) is 0 Å². The van der Waals surface area contributed by atoms with E-state index in [1.54, 1.807) is 0 Å². The van der Waals surface area contributed by atoms with Crippen LogP contribution in [0.1, 0.15) is 33.0 Å². The Morgan fingerprint density at radius 3 is 2.82 bits per heavy atom. The number of likely N-dealkylation sites (N-methyl/N-ethyl adjacent to an activating group) is 1. The second-order valence-electron chi connectivity index (χ2n) is 4.76. The summed E-state index contributed by atoms with van der Waals surface area (Å²) in [5.74, 6) is 1.69. The van der Waals surface area contributed by atoms with Gasteiger partial charge in [-0.05, 0) is 18.9 Å². The summed E-state index contributed by atoms with van der Waals surface area (Å²) in [4.78, 5) is 6.69. The van der Waals surface area contributed by atoms with Crippen LogP contribution >= 0.6 is 11.5 Å². The second kappa shape index (κ2) is 7.61. The number of rotatable bonds is 8. The van der Waals surface area contributed by atoms with Crippen molar-refractivity contribution in [2.45, 2.75) is 33.6 Å². The molecule has 0 radical (unpaired) electrons. The molecule has 98 valence electrons. The van der Waals surface area contributed by atoms with Crippen molar-refractivity contribution in [1.82, 2.24) is 14.7 Å². The molecule has 0 aromatic carbocycles. The van der Waals surface area contributed by atoms with Crippen LogP contribution < -0.4 is 10.2 Å². The Bertz CT molecular complexity index is 311. The van der Waals surface area contributed by atoms with E-state index in [0.717, 1.165) is 43.4 Å². The van der Waals surface area contributed by atoms with Gasteiger partial charge in [0.1, 0.15) is 5.82 Å². The van der Waals surface area contributed by atoms with E-state index in [-0.39, 0.29) is 0 Å². The molecule has 0 saturated carbocycles. The first-order valence-electron chi connectivity index (χ1n) is 6.38. The molecule has 0 saturated heterocycles. The lowest BCUT2D eigenvalue weighted by atomic mass is 10.2. The molecule has 0 unspecified atom stereocenters. The molecule has 0 amide bonds. The molecule has 0 aliphatic carbocycles. The summed E-state index contributed by atoms with van der Waals surface area (Å²) in [6.45, 7) is 9.65. The van der Waals surface area contributed by atoms with Gasteiger partial charge in [0.25, 0.3) is 0 Å². The first-order chi connectivity index (χ1) is 8.13. The molecule has 1 aromatic heterocycles. The van der Waals surface area contributed by atoms with Gasteiger partial charge < -0.3 is 10.2 Å². The van der Waals surface area contributed by atoms with Gasteiger partial charge in [0.05, 0.1) is 0 Å². The van der Waals surface area contributed by atoms with Crippen molar-refractivity contribution in [1.29, 1.82) is 0 Å². The molecule has 0 aliphatic heterocycles. The van der Waals surface area contributed by atoms with Gasteiger partial charge in [-0.25, -0.2) is 4.98 Å². The normalized spacial score (nSPS) is 11.1. The Kier molecular flexibility index (Phi) is 6.44. The number of nitrogens with zero attached hydrogens (tertiary/aromatic N) is 3. The van der Waals surface area contributed by atoms with Crippen LogP contribution in [0.15, 0.2) is 0 Å². The van der Waals surface area contributed by atoms with Gasteiger partial charge in [-0.15, -0.1) is 0 Å². The third-order valence-corrected chi connectivity index (χ3v) is 3.30. The van der Waals surface area contributed by atoms with Crippen LogP contribution in [0.5, 0.6) is 0 Å². The topological polar surface area (TPSA) is 41.1 Å². The lowest BCUT2D eigenvalue weighted by molar-refractivity contribution is 0.554. The summed E-state index contributed by atoms with van der Waals surface area (Å²) in [5, 5.41) is 4.46. The zero-order chi connectivity index (χ0) is 12.7. The summed E-state index contributed by atoms with van der Waals surface area (Å²) < 4.78 is 4.35.